The van der Waals surface area contributed by atoms with Crippen LogP contribution in [0, 0.1) is 5.92 Å². The molecule has 3 atom stereocenters. The lowest BCUT2D eigenvalue weighted by molar-refractivity contribution is -0.162. The molecule has 0 aromatic rings. The number of methoxy groups -OCH3 is 1. The van der Waals surface area contributed by atoms with Crippen molar-refractivity contribution in [2.45, 2.75) is 150 Å². The molecule has 0 spiro atoms. The van der Waals surface area contributed by atoms with E-state index >= 15 is 0 Å². The number of esters is 5. The summed E-state index contributed by atoms with van der Waals surface area (Å²) in [6.07, 6.45) is 6.78. The Kier molecular flexibility index (Phi) is 17.5. The normalized spacial score (nSPS) is 18.4. The van der Waals surface area contributed by atoms with E-state index in [9.17, 15) is 24.0 Å². The lowest BCUT2D eigenvalue weighted by Gasteiger charge is -2.35. The lowest BCUT2D eigenvalue weighted by Crippen LogP contribution is -2.51. The first-order valence-corrected chi connectivity index (χ1v) is 19.3. The molecule has 1 heterocycles. The van der Waals surface area contributed by atoms with Gasteiger partial charge in [-0.1, -0.05) is 12.8 Å². The minimum Gasteiger partial charge on any atom is -0.468 e. The molecule has 2 aliphatic rings. The van der Waals surface area contributed by atoms with E-state index in [-0.39, 0.29) is 52.4 Å². The number of nitrogens with one attached hydrogen (secondary N) is 1. The highest BCUT2D eigenvalue weighted by Crippen LogP contribution is 2.36. The first kappa shape index (κ1) is 46.9. The summed E-state index contributed by atoms with van der Waals surface area (Å²) < 4.78 is 27.7. The van der Waals surface area contributed by atoms with E-state index in [0.29, 0.717) is 18.4 Å². The van der Waals surface area contributed by atoms with Crippen molar-refractivity contribution in [3.63, 3.8) is 0 Å². The Morgan fingerprint density at radius 1 is 0.630 bits per heavy atom. The average molecular weight is 767 g/mol. The molecule has 0 amide bonds. The molecule has 0 aromatic heterocycles. The van der Waals surface area contributed by atoms with Crippen LogP contribution in [0.15, 0.2) is 11.8 Å². The van der Waals surface area contributed by atoms with Crippen LogP contribution < -0.4 is 5.32 Å². The molecule has 14 heteroatoms. The summed E-state index contributed by atoms with van der Waals surface area (Å²) in [6.45, 7) is 21.4. The van der Waals surface area contributed by atoms with Gasteiger partial charge in [0.15, 0.2) is 0 Å². The SMILES string of the molecule is COC(=O)[C@H](CC1=CNC2CCCCC12)N(CCN(CC(=O)OC(C)(C)C)CC(=O)OC(C)(C)C)CCN(CC(=O)OC(C)(C)C)CC(=O)OC(C)(C)C. The van der Waals surface area contributed by atoms with Gasteiger partial charge in [0.1, 0.15) is 28.4 Å². The van der Waals surface area contributed by atoms with Crippen molar-refractivity contribution in [1.29, 1.82) is 0 Å². The van der Waals surface area contributed by atoms with E-state index < -0.39 is 58.3 Å². The van der Waals surface area contributed by atoms with Crippen molar-refractivity contribution in [2.24, 2.45) is 5.92 Å². The van der Waals surface area contributed by atoms with Crippen LogP contribution in [0.5, 0.6) is 0 Å². The van der Waals surface area contributed by atoms with Crippen LogP contribution in [0.2, 0.25) is 0 Å². The molecule has 0 saturated heterocycles. The number of hydrogen-bond acceptors (Lipinski definition) is 14. The Bertz CT molecular complexity index is 1180. The minimum absolute atomic E-state index is 0.185. The predicted octanol–water partition coefficient (Wildman–Crippen LogP) is 4.24. The second-order valence-corrected chi connectivity index (χ2v) is 18.4. The zero-order valence-corrected chi connectivity index (χ0v) is 35.4. The predicted molar refractivity (Wildman–Crippen MR) is 205 cm³/mol. The maximum absolute atomic E-state index is 13.7. The Morgan fingerprint density at radius 2 is 1.00 bits per heavy atom. The molecule has 1 fully saturated rings. The fourth-order valence-electron chi connectivity index (χ4n) is 6.64. The van der Waals surface area contributed by atoms with Gasteiger partial charge in [-0.2, -0.15) is 0 Å². The number of ether oxygens (including phenoxy) is 5. The number of carbonyl (C=O) groups is 5. The van der Waals surface area contributed by atoms with E-state index in [1.165, 1.54) is 7.11 Å². The van der Waals surface area contributed by atoms with Gasteiger partial charge in [-0.25, -0.2) is 0 Å². The van der Waals surface area contributed by atoms with Crippen molar-refractivity contribution in [1.82, 2.24) is 20.0 Å². The molecule has 54 heavy (non-hydrogen) atoms. The molecule has 14 nitrogen and oxygen atoms in total. The van der Waals surface area contributed by atoms with Gasteiger partial charge in [0, 0.05) is 38.1 Å². The zero-order chi connectivity index (χ0) is 41.1. The first-order valence-electron chi connectivity index (χ1n) is 19.3. The van der Waals surface area contributed by atoms with E-state index in [1.54, 1.807) is 92.9 Å². The topological polar surface area (TPSA) is 153 Å². The third-order valence-electron chi connectivity index (χ3n) is 8.57. The van der Waals surface area contributed by atoms with Gasteiger partial charge < -0.3 is 29.0 Å². The van der Waals surface area contributed by atoms with Crippen LogP contribution in [0.1, 0.15) is 115 Å². The smallest absolute Gasteiger partial charge is 0.323 e. The average Bonchev–Trinajstić information content (AvgIpc) is 3.38. The highest BCUT2D eigenvalue weighted by molar-refractivity contribution is 5.77. The van der Waals surface area contributed by atoms with Gasteiger partial charge in [-0.05, 0) is 114 Å². The van der Waals surface area contributed by atoms with Crippen LogP contribution >= 0.6 is 0 Å². The summed E-state index contributed by atoms with van der Waals surface area (Å²) in [5.74, 6) is -2.16. The largest absolute Gasteiger partial charge is 0.468 e. The first-order chi connectivity index (χ1) is 24.7. The standard InChI is InChI=1S/C40H70N4O10/c1-37(2,3)51-32(45)24-42(25-33(46)52-38(4,5)6)18-20-44(31(36(49)50-13)22-28-23-41-30-17-15-14-16-29(28)30)21-19-43(26-34(47)53-39(7,8)9)27-35(48)54-40(10,11)12/h23,29-31,41H,14-22,24-27H2,1-13H3/t29?,30?,31-/m0/s1. The molecular formula is C40H70N4O10. The summed E-state index contributed by atoms with van der Waals surface area (Å²) in [6, 6.07) is -0.407. The molecule has 0 radical (unpaired) electrons. The van der Waals surface area contributed by atoms with Crippen molar-refractivity contribution in [3.05, 3.63) is 11.8 Å². The van der Waals surface area contributed by atoms with E-state index in [2.05, 4.69) is 5.32 Å². The molecule has 1 aliphatic heterocycles. The number of hydrogen-bond donors (Lipinski definition) is 1. The fourth-order valence-corrected chi connectivity index (χ4v) is 6.64. The third kappa shape index (κ3) is 18.9. The quantitative estimate of drug-likeness (QED) is 0.156. The zero-order valence-electron chi connectivity index (χ0n) is 35.4. The van der Waals surface area contributed by atoms with Crippen LogP contribution in [-0.4, -0.2) is 139 Å². The van der Waals surface area contributed by atoms with Gasteiger partial charge in [0.2, 0.25) is 0 Å². The maximum Gasteiger partial charge on any atom is 0.323 e. The summed E-state index contributed by atoms with van der Waals surface area (Å²) in [5.41, 5.74) is -1.80. The Labute approximate surface area is 323 Å². The highest BCUT2D eigenvalue weighted by atomic mass is 16.6. The van der Waals surface area contributed by atoms with Gasteiger partial charge in [0.05, 0.1) is 33.3 Å². The van der Waals surface area contributed by atoms with Crippen LogP contribution in [0.25, 0.3) is 0 Å². The Balaban J connectivity index is 2.47. The fraction of sp³-hybridized carbons (Fsp3) is 0.825. The van der Waals surface area contributed by atoms with E-state index in [0.717, 1.165) is 31.3 Å². The summed E-state index contributed by atoms with van der Waals surface area (Å²) in [4.78, 5) is 71.1. The molecule has 2 unspecified atom stereocenters. The van der Waals surface area contributed by atoms with Crippen LogP contribution in [0.4, 0.5) is 0 Å². The summed E-state index contributed by atoms with van der Waals surface area (Å²) in [7, 11) is 1.35. The van der Waals surface area contributed by atoms with Crippen LogP contribution in [-0.2, 0) is 47.7 Å². The Hall–Kier alpha value is -3.23. The molecule has 1 saturated carbocycles. The molecule has 1 N–H and O–H groups in total. The van der Waals surface area contributed by atoms with Crippen molar-refractivity contribution < 1.29 is 47.7 Å². The minimum atomic E-state index is -0.737. The summed E-state index contributed by atoms with van der Waals surface area (Å²) >= 11 is 0. The third-order valence-corrected chi connectivity index (χ3v) is 8.57. The summed E-state index contributed by atoms with van der Waals surface area (Å²) in [5, 5.41) is 3.52. The maximum atomic E-state index is 13.7. The molecule has 310 valence electrons. The molecular weight excluding hydrogens is 696 g/mol. The van der Waals surface area contributed by atoms with Gasteiger partial charge in [0.25, 0.3) is 0 Å². The molecule has 1 aliphatic carbocycles. The van der Waals surface area contributed by atoms with E-state index in [4.69, 9.17) is 23.7 Å². The molecule has 0 aromatic carbocycles. The number of carbonyl (C=O) groups excluding carboxylic acids is 5. The molecule has 2 rings (SSSR count). The molecule has 0 bridgehead atoms. The Morgan fingerprint density at radius 3 is 1.35 bits per heavy atom. The second kappa shape index (κ2) is 20.1. The number of fused-ring (bicyclic) bond motifs is 1. The van der Waals surface area contributed by atoms with Crippen LogP contribution in [0.3, 0.4) is 0 Å². The van der Waals surface area contributed by atoms with Crippen molar-refractivity contribution >= 4 is 29.8 Å². The van der Waals surface area contributed by atoms with E-state index in [1.807, 2.05) is 11.1 Å². The lowest BCUT2D eigenvalue weighted by atomic mass is 9.80. The monoisotopic (exact) mass is 767 g/mol. The van der Waals surface area contributed by atoms with Gasteiger partial charge in [-0.3, -0.25) is 38.7 Å². The van der Waals surface area contributed by atoms with Gasteiger partial charge in [-0.15, -0.1) is 0 Å². The highest BCUT2D eigenvalue weighted by Gasteiger charge is 2.37. The number of rotatable bonds is 18. The van der Waals surface area contributed by atoms with Crippen molar-refractivity contribution in [2.75, 3.05) is 59.5 Å². The number of nitrogens with zero attached hydrogens (tertiary/aromatic N) is 3. The second-order valence-electron chi connectivity index (χ2n) is 18.4. The van der Waals surface area contributed by atoms with Crippen molar-refractivity contribution in [3.8, 4) is 0 Å². The van der Waals surface area contributed by atoms with Gasteiger partial charge >= 0.3 is 29.8 Å².